The van der Waals surface area contributed by atoms with Gasteiger partial charge in [0.05, 0.1) is 11.5 Å². The fourth-order valence-electron chi connectivity index (χ4n) is 2.36. The van der Waals surface area contributed by atoms with Gasteiger partial charge in [-0.2, -0.15) is 0 Å². The molecule has 2 fully saturated rings. The summed E-state index contributed by atoms with van der Waals surface area (Å²) < 4.78 is 22.9. The minimum atomic E-state index is -2.88. The van der Waals surface area contributed by atoms with E-state index >= 15 is 0 Å². The Bertz CT molecular complexity index is 324. The maximum Gasteiger partial charge on any atom is 0.153 e. The van der Waals surface area contributed by atoms with Gasteiger partial charge in [0.15, 0.2) is 9.84 Å². The first kappa shape index (κ1) is 11.4. The first-order valence-electron chi connectivity index (χ1n) is 5.72. The third kappa shape index (κ3) is 2.71. The van der Waals surface area contributed by atoms with Crippen LogP contribution in [0.2, 0.25) is 0 Å². The summed E-state index contributed by atoms with van der Waals surface area (Å²) in [6.45, 7) is 4.02. The molecule has 1 saturated heterocycles. The molecule has 5 heteroatoms. The Hall–Kier alpha value is -0.130. The summed E-state index contributed by atoms with van der Waals surface area (Å²) in [5, 5.41) is 0. The number of sulfone groups is 1. The smallest absolute Gasteiger partial charge is 0.153 e. The van der Waals surface area contributed by atoms with Crippen molar-refractivity contribution in [2.24, 2.45) is 11.7 Å². The summed E-state index contributed by atoms with van der Waals surface area (Å²) in [6, 6.07) is -0.130. The van der Waals surface area contributed by atoms with Crippen molar-refractivity contribution in [2.75, 3.05) is 24.6 Å². The topological polar surface area (TPSA) is 63.4 Å². The van der Waals surface area contributed by atoms with Gasteiger partial charge in [-0.05, 0) is 25.3 Å². The van der Waals surface area contributed by atoms with E-state index in [1.807, 2.05) is 0 Å². The average Bonchev–Trinajstić information content (AvgIpc) is 2.89. The van der Waals surface area contributed by atoms with Crippen molar-refractivity contribution >= 4 is 9.84 Å². The largest absolute Gasteiger partial charge is 0.325 e. The molecular weight excluding hydrogens is 212 g/mol. The van der Waals surface area contributed by atoms with Crippen LogP contribution in [-0.2, 0) is 9.84 Å². The molecule has 2 unspecified atom stereocenters. The molecule has 0 aromatic carbocycles. The SMILES string of the molecule is CCN(CC1CC1)C1CS(=O)(=O)CC1N. The summed E-state index contributed by atoms with van der Waals surface area (Å²) >= 11 is 0. The third-order valence-electron chi connectivity index (χ3n) is 3.43. The van der Waals surface area contributed by atoms with E-state index in [4.69, 9.17) is 5.73 Å². The van der Waals surface area contributed by atoms with Gasteiger partial charge in [-0.1, -0.05) is 6.92 Å². The van der Waals surface area contributed by atoms with Crippen LogP contribution in [-0.4, -0.2) is 50.0 Å². The van der Waals surface area contributed by atoms with Crippen LogP contribution >= 0.6 is 0 Å². The maximum atomic E-state index is 11.5. The molecule has 4 nitrogen and oxygen atoms in total. The fourth-order valence-corrected chi connectivity index (χ4v) is 4.29. The second kappa shape index (κ2) is 4.03. The van der Waals surface area contributed by atoms with Crippen LogP contribution in [0.4, 0.5) is 0 Å². The van der Waals surface area contributed by atoms with Crippen LogP contribution in [0.3, 0.4) is 0 Å². The van der Waals surface area contributed by atoms with Crippen LogP contribution < -0.4 is 5.73 Å². The first-order chi connectivity index (χ1) is 7.02. The predicted octanol–water partition coefficient (Wildman–Crippen LogP) is -0.157. The summed E-state index contributed by atoms with van der Waals surface area (Å²) in [4.78, 5) is 2.26. The van der Waals surface area contributed by atoms with Gasteiger partial charge in [-0.3, -0.25) is 4.90 Å². The highest BCUT2D eigenvalue weighted by molar-refractivity contribution is 7.91. The molecule has 0 amide bonds. The zero-order valence-electron chi connectivity index (χ0n) is 9.22. The molecule has 0 spiro atoms. The zero-order chi connectivity index (χ0) is 11.1. The van der Waals surface area contributed by atoms with Crippen LogP contribution in [0.25, 0.3) is 0 Å². The molecule has 1 saturated carbocycles. The van der Waals surface area contributed by atoms with Crippen molar-refractivity contribution in [1.29, 1.82) is 0 Å². The molecular formula is C10H20N2O2S. The first-order valence-corrected chi connectivity index (χ1v) is 7.54. The highest BCUT2D eigenvalue weighted by Gasteiger charge is 2.39. The van der Waals surface area contributed by atoms with Gasteiger partial charge < -0.3 is 5.73 Å². The Morgan fingerprint density at radius 2 is 2.00 bits per heavy atom. The van der Waals surface area contributed by atoms with E-state index in [-0.39, 0.29) is 23.6 Å². The normalized spacial score (nSPS) is 34.9. The Morgan fingerprint density at radius 3 is 2.40 bits per heavy atom. The molecule has 2 rings (SSSR count). The van der Waals surface area contributed by atoms with Gasteiger partial charge in [0.2, 0.25) is 0 Å². The predicted molar refractivity (Wildman–Crippen MR) is 60.4 cm³/mol. The van der Waals surface area contributed by atoms with E-state index < -0.39 is 9.84 Å². The van der Waals surface area contributed by atoms with Crippen molar-refractivity contribution in [3.63, 3.8) is 0 Å². The molecule has 0 aromatic rings. The van der Waals surface area contributed by atoms with Crippen LogP contribution in [0, 0.1) is 5.92 Å². The van der Waals surface area contributed by atoms with Gasteiger partial charge in [0.1, 0.15) is 0 Å². The molecule has 0 bridgehead atoms. The molecule has 1 heterocycles. The standard InChI is InChI=1S/C10H20N2O2S/c1-2-12(5-8-3-4-8)10-7-15(13,14)6-9(10)11/h8-10H,2-7,11H2,1H3. The number of hydrogen-bond donors (Lipinski definition) is 1. The van der Waals surface area contributed by atoms with E-state index in [2.05, 4.69) is 11.8 Å². The molecule has 88 valence electrons. The van der Waals surface area contributed by atoms with E-state index in [1.54, 1.807) is 0 Å². The maximum absolute atomic E-state index is 11.5. The summed E-state index contributed by atoms with van der Waals surface area (Å²) in [5.41, 5.74) is 5.91. The van der Waals surface area contributed by atoms with Gasteiger partial charge in [0.25, 0.3) is 0 Å². The van der Waals surface area contributed by atoms with Gasteiger partial charge in [-0.15, -0.1) is 0 Å². The Morgan fingerprint density at radius 1 is 1.33 bits per heavy atom. The molecule has 2 atom stereocenters. The molecule has 15 heavy (non-hydrogen) atoms. The minimum Gasteiger partial charge on any atom is -0.325 e. The van der Waals surface area contributed by atoms with E-state index in [0.29, 0.717) is 0 Å². The van der Waals surface area contributed by atoms with Crippen molar-refractivity contribution in [3.8, 4) is 0 Å². The molecule has 0 aromatic heterocycles. The molecule has 2 aliphatic rings. The second-order valence-electron chi connectivity index (χ2n) is 4.84. The molecule has 1 aliphatic heterocycles. The van der Waals surface area contributed by atoms with E-state index in [1.165, 1.54) is 12.8 Å². The highest BCUT2D eigenvalue weighted by atomic mass is 32.2. The zero-order valence-corrected chi connectivity index (χ0v) is 10.0. The average molecular weight is 232 g/mol. The second-order valence-corrected chi connectivity index (χ2v) is 6.99. The lowest BCUT2D eigenvalue weighted by Crippen LogP contribution is -2.47. The van der Waals surface area contributed by atoms with Crippen LogP contribution in [0.5, 0.6) is 0 Å². The third-order valence-corrected chi connectivity index (χ3v) is 5.17. The van der Waals surface area contributed by atoms with Crippen molar-refractivity contribution in [3.05, 3.63) is 0 Å². The number of likely N-dealkylation sites (N-methyl/N-ethyl adjacent to an activating group) is 1. The lowest BCUT2D eigenvalue weighted by molar-refractivity contribution is 0.200. The minimum absolute atomic E-state index is 0.0561. The summed E-state index contributed by atoms with van der Waals surface area (Å²) in [5.74, 6) is 1.22. The van der Waals surface area contributed by atoms with Gasteiger partial charge in [0, 0.05) is 18.6 Å². The Kier molecular flexibility index (Phi) is 3.05. The van der Waals surface area contributed by atoms with E-state index in [9.17, 15) is 8.42 Å². The fraction of sp³-hybridized carbons (Fsp3) is 1.00. The summed E-state index contributed by atoms with van der Waals surface area (Å²) in [7, 11) is -2.88. The lowest BCUT2D eigenvalue weighted by atomic mass is 10.1. The number of hydrogen-bond acceptors (Lipinski definition) is 4. The Labute approximate surface area is 91.7 Å². The number of nitrogens with two attached hydrogens (primary N) is 1. The summed E-state index contributed by atoms with van der Waals surface area (Å²) in [6.07, 6.45) is 2.59. The van der Waals surface area contributed by atoms with Gasteiger partial charge >= 0.3 is 0 Å². The number of rotatable bonds is 4. The Balaban J connectivity index is 2.00. The molecule has 0 radical (unpaired) electrons. The van der Waals surface area contributed by atoms with Gasteiger partial charge in [-0.25, -0.2) is 8.42 Å². The molecule has 2 N–H and O–H groups in total. The lowest BCUT2D eigenvalue weighted by Gasteiger charge is -2.29. The van der Waals surface area contributed by atoms with Crippen LogP contribution in [0.1, 0.15) is 19.8 Å². The highest BCUT2D eigenvalue weighted by Crippen LogP contribution is 2.31. The van der Waals surface area contributed by atoms with Crippen molar-refractivity contribution in [2.45, 2.75) is 31.8 Å². The van der Waals surface area contributed by atoms with E-state index in [0.717, 1.165) is 19.0 Å². The van der Waals surface area contributed by atoms with Crippen LogP contribution in [0.15, 0.2) is 0 Å². The van der Waals surface area contributed by atoms with Crippen molar-refractivity contribution < 1.29 is 8.42 Å². The quantitative estimate of drug-likeness (QED) is 0.732. The monoisotopic (exact) mass is 232 g/mol. The number of nitrogens with zero attached hydrogens (tertiary/aromatic N) is 1. The molecule has 1 aliphatic carbocycles. The van der Waals surface area contributed by atoms with Crippen molar-refractivity contribution in [1.82, 2.24) is 4.90 Å².